The first-order valence-electron chi connectivity index (χ1n) is 13.1. The summed E-state index contributed by atoms with van der Waals surface area (Å²) in [6.45, 7) is 13.3. The molecule has 8 heteroatoms. The number of para-hydroxylation sites is 1. The van der Waals surface area contributed by atoms with Gasteiger partial charge in [0.15, 0.2) is 5.82 Å². The predicted octanol–water partition coefficient (Wildman–Crippen LogP) is 4.12. The highest BCUT2D eigenvalue weighted by molar-refractivity contribution is 5.92. The molecule has 3 aromatic heterocycles. The van der Waals surface area contributed by atoms with Gasteiger partial charge in [-0.15, -0.1) is 0 Å². The van der Waals surface area contributed by atoms with Gasteiger partial charge in [0.25, 0.3) is 0 Å². The average molecular weight is 509 g/mol. The number of hydrogen-bond donors (Lipinski definition) is 3. The SMILES string of the molecule is C=C(CN(C)C)Nc1cncc(C(=C)/C=c2/c(-c3nc4c(N5CCCCC5)cccc4[nH]3)n[nH]/c2=C/C)c1. The highest BCUT2D eigenvalue weighted by atomic mass is 15.2. The van der Waals surface area contributed by atoms with E-state index >= 15 is 0 Å². The van der Waals surface area contributed by atoms with Gasteiger partial charge in [0.1, 0.15) is 11.2 Å². The number of pyridine rings is 1. The van der Waals surface area contributed by atoms with Gasteiger partial charge in [0.05, 0.1) is 28.4 Å². The molecule has 1 aliphatic heterocycles. The first-order valence-corrected chi connectivity index (χ1v) is 13.1. The number of aromatic amines is 2. The van der Waals surface area contributed by atoms with Gasteiger partial charge in [0, 0.05) is 42.3 Å². The molecular formula is C30H36N8. The molecule has 38 heavy (non-hydrogen) atoms. The van der Waals surface area contributed by atoms with Crippen LogP contribution in [0.3, 0.4) is 0 Å². The fourth-order valence-electron chi connectivity index (χ4n) is 5.00. The molecule has 0 spiro atoms. The Morgan fingerprint density at radius 3 is 2.74 bits per heavy atom. The molecule has 0 unspecified atom stereocenters. The minimum atomic E-state index is 0.737. The number of nitrogens with zero attached hydrogens (tertiary/aromatic N) is 5. The van der Waals surface area contributed by atoms with Gasteiger partial charge in [-0.05, 0) is 70.1 Å². The summed E-state index contributed by atoms with van der Waals surface area (Å²) in [7, 11) is 4.03. The third-order valence-corrected chi connectivity index (χ3v) is 6.79. The summed E-state index contributed by atoms with van der Waals surface area (Å²) in [5.41, 5.74) is 7.47. The van der Waals surface area contributed by atoms with Crippen LogP contribution in [0.25, 0.3) is 40.3 Å². The van der Waals surface area contributed by atoms with Crippen LogP contribution in [0.2, 0.25) is 0 Å². The Kier molecular flexibility index (Phi) is 7.42. The van der Waals surface area contributed by atoms with Crippen LogP contribution < -0.4 is 20.8 Å². The third kappa shape index (κ3) is 5.40. The van der Waals surface area contributed by atoms with E-state index in [1.807, 2.05) is 45.4 Å². The van der Waals surface area contributed by atoms with E-state index in [0.717, 1.165) is 75.3 Å². The van der Waals surface area contributed by atoms with E-state index in [-0.39, 0.29) is 0 Å². The Bertz CT molecular complexity index is 1580. The van der Waals surface area contributed by atoms with Crippen molar-refractivity contribution in [3.05, 3.63) is 71.6 Å². The zero-order valence-electron chi connectivity index (χ0n) is 22.5. The van der Waals surface area contributed by atoms with Gasteiger partial charge in [-0.2, -0.15) is 5.10 Å². The highest BCUT2D eigenvalue weighted by Crippen LogP contribution is 2.29. The lowest BCUT2D eigenvalue weighted by Crippen LogP contribution is -2.29. The summed E-state index contributed by atoms with van der Waals surface area (Å²) in [5.74, 6) is 0.737. The van der Waals surface area contributed by atoms with E-state index in [1.165, 1.54) is 24.9 Å². The standard InChI is InChI=1S/C30H36N8/c1-6-25-24(15-20(2)22-16-23(18-31-17-22)32-21(3)19-37(4)5)28(36-35-25)30-33-26-11-10-12-27(29(26)34-30)38-13-8-7-9-14-38/h6,10-12,15-18,32,35H,2-3,7-9,13-14,19H2,1,4-5H3,(H,33,34)/b24-15+,25-6+. The smallest absolute Gasteiger partial charge is 0.159 e. The molecule has 1 fully saturated rings. The number of aromatic nitrogens is 5. The second-order valence-electron chi connectivity index (χ2n) is 10.1. The first kappa shape index (κ1) is 25.5. The van der Waals surface area contributed by atoms with Crippen LogP contribution in [-0.4, -0.2) is 63.8 Å². The van der Waals surface area contributed by atoms with Gasteiger partial charge in [-0.25, -0.2) is 4.98 Å². The Hall–Kier alpha value is -4.17. The number of allylic oxidation sites excluding steroid dienone is 1. The monoisotopic (exact) mass is 508 g/mol. The van der Waals surface area contributed by atoms with Crippen molar-refractivity contribution >= 4 is 40.1 Å². The molecule has 0 radical (unpaired) electrons. The zero-order valence-corrected chi connectivity index (χ0v) is 22.5. The molecule has 8 nitrogen and oxygen atoms in total. The van der Waals surface area contributed by atoms with Crippen LogP contribution in [0.5, 0.6) is 0 Å². The Morgan fingerprint density at radius 1 is 1.16 bits per heavy atom. The number of hydrogen-bond acceptors (Lipinski definition) is 6. The highest BCUT2D eigenvalue weighted by Gasteiger charge is 2.18. The summed E-state index contributed by atoms with van der Waals surface area (Å²) < 4.78 is 0. The molecule has 0 atom stereocenters. The lowest BCUT2D eigenvalue weighted by atomic mass is 10.1. The second kappa shape index (κ2) is 11.1. The topological polar surface area (TPSA) is 88.8 Å². The largest absolute Gasteiger partial charge is 0.370 e. The molecule has 1 aromatic carbocycles. The van der Waals surface area contributed by atoms with Crippen molar-refractivity contribution in [3.63, 3.8) is 0 Å². The van der Waals surface area contributed by atoms with Crippen LogP contribution in [-0.2, 0) is 0 Å². The quantitative estimate of drug-likeness (QED) is 0.332. The Morgan fingerprint density at radius 2 is 1.97 bits per heavy atom. The van der Waals surface area contributed by atoms with Gasteiger partial charge >= 0.3 is 0 Å². The summed E-state index contributed by atoms with van der Waals surface area (Å²) in [4.78, 5) is 17.5. The van der Waals surface area contributed by atoms with E-state index in [4.69, 9.17) is 4.98 Å². The molecule has 5 rings (SSSR count). The van der Waals surface area contributed by atoms with Crippen molar-refractivity contribution in [3.8, 4) is 11.5 Å². The molecule has 3 N–H and O–H groups in total. The number of nitrogens with one attached hydrogen (secondary N) is 3. The number of imidazole rings is 1. The summed E-state index contributed by atoms with van der Waals surface area (Å²) in [6.07, 6.45) is 11.4. The Labute approximate surface area is 223 Å². The molecular weight excluding hydrogens is 472 g/mol. The number of fused-ring (bicyclic) bond motifs is 1. The van der Waals surface area contributed by atoms with Gasteiger partial charge in [-0.1, -0.05) is 25.3 Å². The maximum atomic E-state index is 5.04. The van der Waals surface area contributed by atoms with Crippen molar-refractivity contribution < 1.29 is 0 Å². The van der Waals surface area contributed by atoms with E-state index < -0.39 is 0 Å². The maximum absolute atomic E-state index is 5.04. The fraction of sp³-hybridized carbons (Fsp3) is 0.300. The minimum absolute atomic E-state index is 0.737. The van der Waals surface area contributed by atoms with E-state index in [1.54, 1.807) is 6.20 Å². The first-order chi connectivity index (χ1) is 18.4. The van der Waals surface area contributed by atoms with Gasteiger partial charge in [0.2, 0.25) is 0 Å². The number of H-pyrrole nitrogens is 2. The average Bonchev–Trinajstić information content (AvgIpc) is 3.52. The van der Waals surface area contributed by atoms with Crippen molar-refractivity contribution in [2.45, 2.75) is 26.2 Å². The third-order valence-electron chi connectivity index (χ3n) is 6.79. The molecule has 1 saturated heterocycles. The van der Waals surface area contributed by atoms with Crippen molar-refractivity contribution in [2.75, 3.05) is 43.9 Å². The second-order valence-corrected chi connectivity index (χ2v) is 10.1. The molecule has 0 saturated carbocycles. The number of anilines is 2. The summed E-state index contributed by atoms with van der Waals surface area (Å²) in [6, 6.07) is 8.38. The van der Waals surface area contributed by atoms with Crippen LogP contribution in [0.4, 0.5) is 11.4 Å². The number of piperidine rings is 1. The van der Waals surface area contributed by atoms with Crippen LogP contribution >= 0.6 is 0 Å². The molecule has 4 heterocycles. The summed E-state index contributed by atoms with van der Waals surface area (Å²) >= 11 is 0. The molecule has 4 aromatic rings. The minimum Gasteiger partial charge on any atom is -0.370 e. The fourth-order valence-corrected chi connectivity index (χ4v) is 5.00. The lowest BCUT2D eigenvalue weighted by molar-refractivity contribution is 0.447. The van der Waals surface area contributed by atoms with Crippen molar-refractivity contribution in [1.29, 1.82) is 0 Å². The van der Waals surface area contributed by atoms with Crippen molar-refractivity contribution in [1.82, 2.24) is 30.0 Å². The van der Waals surface area contributed by atoms with Crippen LogP contribution in [0.15, 0.2) is 55.5 Å². The number of rotatable bonds is 8. The lowest BCUT2D eigenvalue weighted by Gasteiger charge is -2.28. The van der Waals surface area contributed by atoms with E-state index in [9.17, 15) is 0 Å². The number of benzene rings is 1. The normalized spacial score (nSPS) is 15.0. The molecule has 1 aliphatic rings. The summed E-state index contributed by atoms with van der Waals surface area (Å²) in [5, 5.41) is 13.0. The van der Waals surface area contributed by atoms with Crippen LogP contribution in [0, 0.1) is 0 Å². The van der Waals surface area contributed by atoms with Crippen molar-refractivity contribution in [2.24, 2.45) is 0 Å². The Balaban J connectivity index is 1.50. The predicted molar refractivity (Wildman–Crippen MR) is 158 cm³/mol. The molecule has 196 valence electrons. The van der Waals surface area contributed by atoms with Gasteiger partial charge < -0.3 is 20.1 Å². The zero-order chi connectivity index (χ0) is 26.6. The van der Waals surface area contributed by atoms with E-state index in [0.29, 0.717) is 0 Å². The van der Waals surface area contributed by atoms with E-state index in [2.05, 4.69) is 66.6 Å². The number of likely N-dealkylation sites (N-methyl/N-ethyl adjacent to an activating group) is 1. The molecule has 0 amide bonds. The molecule has 0 bridgehead atoms. The van der Waals surface area contributed by atoms with Crippen LogP contribution in [0.1, 0.15) is 31.7 Å². The van der Waals surface area contributed by atoms with Gasteiger partial charge in [-0.3, -0.25) is 10.1 Å². The molecule has 0 aliphatic carbocycles. The maximum Gasteiger partial charge on any atom is 0.159 e.